The Morgan fingerprint density at radius 3 is 2.87 bits per heavy atom. The Morgan fingerprint density at radius 1 is 1.48 bits per heavy atom. The van der Waals surface area contributed by atoms with E-state index >= 15 is 0 Å². The van der Waals surface area contributed by atoms with Gasteiger partial charge in [0, 0.05) is 12.7 Å². The molecule has 6 heteroatoms. The van der Waals surface area contributed by atoms with Crippen molar-refractivity contribution in [1.29, 1.82) is 0 Å². The summed E-state index contributed by atoms with van der Waals surface area (Å²) in [5.74, 6) is -0.676. The SMILES string of the molecule is CCC(C)C(C)(O)CNC(=O)c1ccn(-c2cccc(F)c2)n1. The molecule has 1 heterocycles. The maximum Gasteiger partial charge on any atom is 0.271 e. The van der Waals surface area contributed by atoms with Crippen LogP contribution >= 0.6 is 0 Å². The highest BCUT2D eigenvalue weighted by Gasteiger charge is 2.27. The highest BCUT2D eigenvalue weighted by molar-refractivity contribution is 5.92. The van der Waals surface area contributed by atoms with Gasteiger partial charge in [0.15, 0.2) is 5.69 Å². The normalized spacial score (nSPS) is 15.0. The zero-order chi connectivity index (χ0) is 17.0. The molecule has 0 radical (unpaired) electrons. The van der Waals surface area contributed by atoms with Crippen molar-refractivity contribution in [3.8, 4) is 5.69 Å². The second-order valence-corrected chi connectivity index (χ2v) is 5.97. The summed E-state index contributed by atoms with van der Waals surface area (Å²) in [7, 11) is 0. The second kappa shape index (κ2) is 6.91. The van der Waals surface area contributed by atoms with Gasteiger partial charge in [0.1, 0.15) is 5.82 Å². The third-order valence-corrected chi connectivity index (χ3v) is 4.18. The molecule has 5 nitrogen and oxygen atoms in total. The first-order chi connectivity index (χ1) is 10.8. The average Bonchev–Trinajstić information content (AvgIpc) is 3.02. The topological polar surface area (TPSA) is 67.2 Å². The van der Waals surface area contributed by atoms with Crippen molar-refractivity contribution in [2.24, 2.45) is 5.92 Å². The van der Waals surface area contributed by atoms with Gasteiger partial charge in [-0.25, -0.2) is 9.07 Å². The number of halogens is 1. The van der Waals surface area contributed by atoms with E-state index in [-0.39, 0.29) is 29.9 Å². The van der Waals surface area contributed by atoms with Crippen LogP contribution < -0.4 is 5.32 Å². The van der Waals surface area contributed by atoms with Crippen LogP contribution in [0.5, 0.6) is 0 Å². The van der Waals surface area contributed by atoms with E-state index in [1.165, 1.54) is 16.8 Å². The Hall–Kier alpha value is -2.21. The van der Waals surface area contributed by atoms with Gasteiger partial charge in [0.05, 0.1) is 11.3 Å². The first kappa shape index (κ1) is 17.1. The first-order valence-corrected chi connectivity index (χ1v) is 7.65. The van der Waals surface area contributed by atoms with Crippen molar-refractivity contribution in [2.75, 3.05) is 6.54 Å². The maximum absolute atomic E-state index is 13.2. The van der Waals surface area contributed by atoms with E-state index < -0.39 is 5.60 Å². The number of nitrogens with zero attached hydrogens (tertiary/aromatic N) is 2. The summed E-state index contributed by atoms with van der Waals surface area (Å²) in [5, 5.41) is 17.1. The number of nitrogens with one attached hydrogen (secondary N) is 1. The van der Waals surface area contributed by atoms with Gasteiger partial charge in [-0.3, -0.25) is 4.79 Å². The third-order valence-electron chi connectivity index (χ3n) is 4.18. The van der Waals surface area contributed by atoms with Crippen molar-refractivity contribution in [2.45, 2.75) is 32.8 Å². The lowest BCUT2D eigenvalue weighted by Gasteiger charge is -2.29. The molecule has 0 saturated carbocycles. The third kappa shape index (κ3) is 4.16. The molecule has 0 bridgehead atoms. The molecule has 23 heavy (non-hydrogen) atoms. The summed E-state index contributed by atoms with van der Waals surface area (Å²) in [5.41, 5.74) is -0.222. The Labute approximate surface area is 135 Å². The van der Waals surface area contributed by atoms with Gasteiger partial charge < -0.3 is 10.4 Å². The van der Waals surface area contributed by atoms with Crippen LogP contribution in [0.1, 0.15) is 37.7 Å². The van der Waals surface area contributed by atoms with Crippen LogP contribution in [0.15, 0.2) is 36.5 Å². The number of aliphatic hydroxyl groups is 1. The molecule has 2 unspecified atom stereocenters. The van der Waals surface area contributed by atoms with Crippen molar-refractivity contribution in [3.63, 3.8) is 0 Å². The molecule has 0 saturated heterocycles. The molecule has 1 aromatic heterocycles. The van der Waals surface area contributed by atoms with Crippen molar-refractivity contribution in [1.82, 2.24) is 15.1 Å². The number of carbonyl (C=O) groups is 1. The Kier molecular flexibility index (Phi) is 5.15. The van der Waals surface area contributed by atoms with Gasteiger partial charge in [0.25, 0.3) is 5.91 Å². The molecule has 0 aliphatic carbocycles. The number of carbonyl (C=O) groups excluding carboxylic acids is 1. The van der Waals surface area contributed by atoms with Crippen LogP contribution in [-0.2, 0) is 0 Å². The second-order valence-electron chi connectivity index (χ2n) is 5.97. The minimum atomic E-state index is -0.977. The van der Waals surface area contributed by atoms with Crippen molar-refractivity contribution in [3.05, 3.63) is 48.0 Å². The summed E-state index contributed by atoms with van der Waals surface area (Å²) < 4.78 is 14.7. The largest absolute Gasteiger partial charge is 0.388 e. The van der Waals surface area contributed by atoms with Gasteiger partial charge in [-0.1, -0.05) is 26.3 Å². The Bertz CT molecular complexity index is 682. The van der Waals surface area contributed by atoms with Crippen LogP contribution in [0.2, 0.25) is 0 Å². The maximum atomic E-state index is 13.2. The Balaban J connectivity index is 2.04. The molecule has 1 amide bonds. The quantitative estimate of drug-likeness (QED) is 0.860. The Morgan fingerprint density at radius 2 is 2.22 bits per heavy atom. The standard InChI is InChI=1S/C17H22FN3O2/c1-4-12(2)17(3,23)11-19-16(22)15-8-9-21(20-15)14-7-5-6-13(18)10-14/h5-10,12,23H,4,11H2,1-3H3,(H,19,22). The number of aromatic nitrogens is 2. The number of hydrogen-bond donors (Lipinski definition) is 2. The molecule has 0 fully saturated rings. The van der Waals surface area contributed by atoms with Gasteiger partial charge in [0.2, 0.25) is 0 Å². The highest BCUT2D eigenvalue weighted by Crippen LogP contribution is 2.19. The van der Waals surface area contributed by atoms with Gasteiger partial charge in [-0.15, -0.1) is 0 Å². The highest BCUT2D eigenvalue weighted by atomic mass is 19.1. The van der Waals surface area contributed by atoms with E-state index in [0.29, 0.717) is 5.69 Å². The molecule has 2 N–H and O–H groups in total. The molecular weight excluding hydrogens is 297 g/mol. The van der Waals surface area contributed by atoms with E-state index in [1.54, 1.807) is 31.3 Å². The lowest BCUT2D eigenvalue weighted by molar-refractivity contribution is 0.00587. The minimum Gasteiger partial charge on any atom is -0.388 e. The molecule has 1 aromatic carbocycles. The summed E-state index contributed by atoms with van der Waals surface area (Å²) in [6.45, 7) is 5.77. The van der Waals surface area contributed by atoms with E-state index in [0.717, 1.165) is 6.42 Å². The van der Waals surface area contributed by atoms with Crippen molar-refractivity contribution >= 4 is 5.91 Å². The average molecular weight is 319 g/mol. The van der Waals surface area contributed by atoms with Crippen LogP contribution in [0, 0.1) is 11.7 Å². The van der Waals surface area contributed by atoms with E-state index in [4.69, 9.17) is 0 Å². The molecule has 2 aromatic rings. The fourth-order valence-electron chi connectivity index (χ4n) is 2.17. The number of hydrogen-bond acceptors (Lipinski definition) is 3. The zero-order valence-corrected chi connectivity index (χ0v) is 13.6. The molecule has 0 aliphatic rings. The van der Waals surface area contributed by atoms with Gasteiger partial charge >= 0.3 is 0 Å². The fourth-order valence-corrected chi connectivity index (χ4v) is 2.17. The number of amides is 1. The van der Waals surface area contributed by atoms with Crippen LogP contribution in [0.25, 0.3) is 5.69 Å². The predicted octanol–water partition coefficient (Wildman–Crippen LogP) is 2.54. The molecule has 0 spiro atoms. The lowest BCUT2D eigenvalue weighted by Crippen LogP contribution is -2.45. The van der Waals surface area contributed by atoms with E-state index in [1.807, 2.05) is 13.8 Å². The van der Waals surface area contributed by atoms with Gasteiger partial charge in [-0.2, -0.15) is 5.10 Å². The fraction of sp³-hybridized carbons (Fsp3) is 0.412. The van der Waals surface area contributed by atoms with Crippen LogP contribution in [-0.4, -0.2) is 32.9 Å². The monoisotopic (exact) mass is 319 g/mol. The molecule has 124 valence electrons. The van der Waals surface area contributed by atoms with E-state index in [2.05, 4.69) is 10.4 Å². The number of rotatable bonds is 6. The smallest absolute Gasteiger partial charge is 0.271 e. The lowest BCUT2D eigenvalue weighted by atomic mass is 9.88. The molecule has 2 atom stereocenters. The zero-order valence-electron chi connectivity index (χ0n) is 13.6. The van der Waals surface area contributed by atoms with Gasteiger partial charge in [-0.05, 0) is 37.1 Å². The van der Waals surface area contributed by atoms with Crippen molar-refractivity contribution < 1.29 is 14.3 Å². The summed E-state index contributed by atoms with van der Waals surface area (Å²) in [6.07, 6.45) is 2.41. The predicted molar refractivity (Wildman–Crippen MR) is 85.9 cm³/mol. The minimum absolute atomic E-state index is 0.0626. The molecule has 0 aliphatic heterocycles. The summed E-state index contributed by atoms with van der Waals surface area (Å²) in [6, 6.07) is 7.51. The summed E-state index contributed by atoms with van der Waals surface area (Å²) >= 11 is 0. The molecular formula is C17H22FN3O2. The van der Waals surface area contributed by atoms with E-state index in [9.17, 15) is 14.3 Å². The van der Waals surface area contributed by atoms with Crippen LogP contribution in [0.4, 0.5) is 4.39 Å². The first-order valence-electron chi connectivity index (χ1n) is 7.65. The van der Waals surface area contributed by atoms with Crippen LogP contribution in [0.3, 0.4) is 0 Å². The summed E-state index contributed by atoms with van der Waals surface area (Å²) in [4.78, 5) is 12.1. The molecule has 2 rings (SSSR count). The number of benzene rings is 1.